The van der Waals surface area contributed by atoms with E-state index in [-0.39, 0.29) is 11.4 Å². The Hall–Kier alpha value is -3.47. The summed E-state index contributed by atoms with van der Waals surface area (Å²) in [7, 11) is -3.35. The summed E-state index contributed by atoms with van der Waals surface area (Å²) in [6.07, 6.45) is 1.10. The van der Waals surface area contributed by atoms with Gasteiger partial charge in [-0.05, 0) is 79.1 Å². The van der Waals surface area contributed by atoms with Crippen molar-refractivity contribution in [1.29, 1.82) is 0 Å². The molecule has 0 aliphatic carbocycles. The molecule has 1 heterocycles. The van der Waals surface area contributed by atoms with Gasteiger partial charge in [-0.2, -0.15) is 9.36 Å². The molecule has 0 atom stereocenters. The lowest BCUT2D eigenvalue weighted by atomic mass is 10.0. The van der Waals surface area contributed by atoms with E-state index in [4.69, 9.17) is 4.74 Å². The zero-order valence-corrected chi connectivity index (χ0v) is 19.2. The van der Waals surface area contributed by atoms with Gasteiger partial charge in [0.05, 0.1) is 17.1 Å². The summed E-state index contributed by atoms with van der Waals surface area (Å²) in [5.41, 5.74) is 0.739. The van der Waals surface area contributed by atoms with Crippen molar-refractivity contribution in [1.82, 2.24) is 19.8 Å². The van der Waals surface area contributed by atoms with Crippen LogP contribution in [0.3, 0.4) is 0 Å². The first kappa shape index (κ1) is 23.2. The van der Waals surface area contributed by atoms with Crippen LogP contribution in [0.2, 0.25) is 0 Å². The van der Waals surface area contributed by atoms with Gasteiger partial charge < -0.3 is 9.84 Å². The van der Waals surface area contributed by atoms with Crippen molar-refractivity contribution in [3.8, 4) is 11.4 Å². The summed E-state index contributed by atoms with van der Waals surface area (Å²) in [6, 6.07) is 9.38. The first-order valence-electron chi connectivity index (χ1n) is 9.65. The SMILES string of the molecule is Cc1cc(Cn2nnn(-c3ccc(S(C)(=O)=O)cc3)c2=O)cc(C)c1OC(C)(C)C(=O)O. The third kappa shape index (κ3) is 4.72. The Morgan fingerprint density at radius 2 is 1.66 bits per heavy atom. The highest BCUT2D eigenvalue weighted by Gasteiger charge is 2.30. The number of rotatable bonds is 7. The fourth-order valence-corrected chi connectivity index (χ4v) is 3.76. The molecule has 10 nitrogen and oxygen atoms in total. The van der Waals surface area contributed by atoms with Crippen molar-refractivity contribution in [2.75, 3.05) is 6.26 Å². The van der Waals surface area contributed by atoms with Crippen LogP contribution in [0.25, 0.3) is 5.69 Å². The molecule has 1 aromatic heterocycles. The minimum Gasteiger partial charge on any atom is -0.478 e. The van der Waals surface area contributed by atoms with Gasteiger partial charge in [-0.1, -0.05) is 12.1 Å². The monoisotopic (exact) mass is 460 g/mol. The van der Waals surface area contributed by atoms with Crippen LogP contribution < -0.4 is 10.4 Å². The number of carbonyl (C=O) groups is 1. The molecule has 0 amide bonds. The van der Waals surface area contributed by atoms with Crippen LogP contribution in [0.5, 0.6) is 5.75 Å². The average molecular weight is 461 g/mol. The summed E-state index contributed by atoms with van der Waals surface area (Å²) in [4.78, 5) is 24.3. The number of hydrogen-bond acceptors (Lipinski definition) is 7. The maximum Gasteiger partial charge on any atom is 0.368 e. The summed E-state index contributed by atoms with van der Waals surface area (Å²) in [5, 5.41) is 17.1. The van der Waals surface area contributed by atoms with E-state index in [2.05, 4.69) is 10.4 Å². The number of benzene rings is 2. The summed E-state index contributed by atoms with van der Waals surface area (Å²) in [5.74, 6) is -0.601. The second kappa shape index (κ2) is 8.23. The van der Waals surface area contributed by atoms with E-state index in [0.717, 1.165) is 27.6 Å². The molecule has 0 fully saturated rings. The van der Waals surface area contributed by atoms with Gasteiger partial charge in [-0.15, -0.1) is 0 Å². The van der Waals surface area contributed by atoms with Crippen LogP contribution in [0.1, 0.15) is 30.5 Å². The maximum atomic E-state index is 12.7. The number of aromatic nitrogens is 4. The number of nitrogens with zero attached hydrogens (tertiary/aromatic N) is 4. The molecule has 3 aromatic rings. The van der Waals surface area contributed by atoms with E-state index >= 15 is 0 Å². The highest BCUT2D eigenvalue weighted by Crippen LogP contribution is 2.29. The van der Waals surface area contributed by atoms with Gasteiger partial charge in [0, 0.05) is 6.26 Å². The first-order valence-corrected chi connectivity index (χ1v) is 11.5. The Morgan fingerprint density at radius 1 is 1.09 bits per heavy atom. The van der Waals surface area contributed by atoms with Crippen molar-refractivity contribution < 1.29 is 23.1 Å². The van der Waals surface area contributed by atoms with Gasteiger partial charge in [-0.25, -0.2) is 18.0 Å². The van der Waals surface area contributed by atoms with Crippen LogP contribution in [0.4, 0.5) is 0 Å². The van der Waals surface area contributed by atoms with Crippen LogP contribution >= 0.6 is 0 Å². The van der Waals surface area contributed by atoms with Gasteiger partial charge in [0.15, 0.2) is 15.4 Å². The number of carboxylic acid groups (broad SMARTS) is 1. The molecule has 2 aromatic carbocycles. The molecule has 0 aliphatic rings. The number of tetrazole rings is 1. The standard InChI is InChI=1S/C21H24N4O6S/c1-13-10-15(11-14(2)18(13)31-21(3,4)19(26)27)12-24-20(28)25(23-22-24)16-6-8-17(9-7-16)32(5,29)30/h6-11H,12H2,1-5H3,(H,26,27). The highest BCUT2D eigenvalue weighted by molar-refractivity contribution is 7.90. The van der Waals surface area contributed by atoms with Crippen molar-refractivity contribution in [3.05, 3.63) is 63.6 Å². The Labute approximate surface area is 185 Å². The van der Waals surface area contributed by atoms with E-state index in [0.29, 0.717) is 11.4 Å². The Morgan fingerprint density at radius 3 is 2.16 bits per heavy atom. The number of carboxylic acids is 1. The first-order chi connectivity index (χ1) is 14.8. The second-order valence-electron chi connectivity index (χ2n) is 8.07. The van der Waals surface area contributed by atoms with Gasteiger partial charge in [-0.3, -0.25) is 0 Å². The van der Waals surface area contributed by atoms with Gasteiger partial charge >= 0.3 is 11.7 Å². The fourth-order valence-electron chi connectivity index (χ4n) is 3.13. The molecule has 0 saturated heterocycles. The van der Waals surface area contributed by atoms with Gasteiger partial charge in [0.2, 0.25) is 0 Å². The molecule has 170 valence electrons. The molecule has 0 saturated carbocycles. The molecular formula is C21H24N4O6S. The summed E-state index contributed by atoms with van der Waals surface area (Å²) in [6.45, 7) is 6.69. The maximum absolute atomic E-state index is 12.7. The number of sulfone groups is 1. The van der Waals surface area contributed by atoms with E-state index in [1.54, 1.807) is 26.0 Å². The molecule has 3 rings (SSSR count). The molecule has 0 bridgehead atoms. The molecular weight excluding hydrogens is 436 g/mol. The Balaban J connectivity index is 1.87. The molecule has 0 spiro atoms. The minimum absolute atomic E-state index is 0.140. The number of ether oxygens (including phenoxy) is 1. The number of hydrogen-bond donors (Lipinski definition) is 1. The molecule has 32 heavy (non-hydrogen) atoms. The van der Waals surface area contributed by atoms with Gasteiger partial charge in [0.1, 0.15) is 5.75 Å². The Bertz CT molecular complexity index is 1310. The van der Waals surface area contributed by atoms with E-state index in [9.17, 15) is 23.1 Å². The topological polar surface area (TPSA) is 133 Å². The van der Waals surface area contributed by atoms with E-state index < -0.39 is 27.1 Å². The average Bonchev–Trinajstić information content (AvgIpc) is 3.04. The normalized spacial score (nSPS) is 12.0. The van der Waals surface area contributed by atoms with Crippen LogP contribution in [-0.4, -0.2) is 51.1 Å². The third-order valence-corrected chi connectivity index (χ3v) is 6.00. The molecule has 1 N–H and O–H groups in total. The highest BCUT2D eigenvalue weighted by atomic mass is 32.2. The lowest BCUT2D eigenvalue weighted by molar-refractivity contribution is -0.152. The van der Waals surface area contributed by atoms with Crippen LogP contribution in [0.15, 0.2) is 46.1 Å². The summed E-state index contributed by atoms with van der Waals surface area (Å²) < 4.78 is 31.2. The molecule has 11 heteroatoms. The predicted molar refractivity (Wildman–Crippen MR) is 116 cm³/mol. The van der Waals surface area contributed by atoms with Crippen LogP contribution in [0, 0.1) is 13.8 Å². The molecule has 0 radical (unpaired) electrons. The van der Waals surface area contributed by atoms with E-state index in [1.165, 1.54) is 42.8 Å². The van der Waals surface area contributed by atoms with Crippen LogP contribution in [-0.2, 0) is 21.2 Å². The van der Waals surface area contributed by atoms with E-state index in [1.807, 2.05) is 0 Å². The Kier molecular flexibility index (Phi) is 5.96. The molecule has 0 aliphatic heterocycles. The van der Waals surface area contributed by atoms with Crippen molar-refractivity contribution in [2.45, 2.75) is 44.7 Å². The zero-order chi connectivity index (χ0) is 23.8. The quantitative estimate of drug-likeness (QED) is 0.564. The minimum atomic E-state index is -3.35. The third-order valence-electron chi connectivity index (χ3n) is 4.87. The fraction of sp³-hybridized carbons (Fsp3) is 0.333. The van der Waals surface area contributed by atoms with Crippen molar-refractivity contribution >= 4 is 15.8 Å². The zero-order valence-electron chi connectivity index (χ0n) is 18.4. The van der Waals surface area contributed by atoms with Gasteiger partial charge in [0.25, 0.3) is 0 Å². The molecule has 0 unspecified atom stereocenters. The summed E-state index contributed by atoms with van der Waals surface area (Å²) >= 11 is 0. The number of aryl methyl sites for hydroxylation is 2. The van der Waals surface area contributed by atoms with Crippen molar-refractivity contribution in [3.63, 3.8) is 0 Å². The predicted octanol–water partition coefficient (Wildman–Crippen LogP) is 1.74. The lowest BCUT2D eigenvalue weighted by Gasteiger charge is -2.24. The number of aliphatic carboxylic acids is 1. The lowest BCUT2D eigenvalue weighted by Crippen LogP contribution is -2.38. The van der Waals surface area contributed by atoms with Crippen molar-refractivity contribution in [2.24, 2.45) is 0 Å². The largest absolute Gasteiger partial charge is 0.478 e. The smallest absolute Gasteiger partial charge is 0.368 e. The second-order valence-corrected chi connectivity index (χ2v) is 10.1.